The highest BCUT2D eigenvalue weighted by Crippen LogP contribution is 2.33. The summed E-state index contributed by atoms with van der Waals surface area (Å²) in [5.74, 6) is 1.14. The fourth-order valence-electron chi connectivity index (χ4n) is 2.72. The molecule has 2 rings (SSSR count). The van der Waals surface area contributed by atoms with Crippen LogP contribution in [0.2, 0.25) is 0 Å². The lowest BCUT2D eigenvalue weighted by molar-refractivity contribution is -0.367. The Morgan fingerprint density at radius 1 is 1.35 bits per heavy atom. The Morgan fingerprint density at radius 2 is 2.20 bits per heavy atom. The SMILES string of the molecule is [NH3+]CCCNC(=O)CCCC[C@@H]1SC[C@@H]2NC(=O)N[C@@H]21. The van der Waals surface area contributed by atoms with E-state index < -0.39 is 0 Å². The van der Waals surface area contributed by atoms with Gasteiger partial charge in [0.15, 0.2) is 0 Å². The van der Waals surface area contributed by atoms with Gasteiger partial charge in [0.25, 0.3) is 0 Å². The van der Waals surface area contributed by atoms with Gasteiger partial charge in [-0.1, -0.05) is 6.42 Å². The summed E-state index contributed by atoms with van der Waals surface area (Å²) in [6.07, 6.45) is 4.58. The van der Waals surface area contributed by atoms with E-state index in [1.54, 1.807) is 0 Å². The summed E-state index contributed by atoms with van der Waals surface area (Å²) in [7, 11) is 0. The van der Waals surface area contributed by atoms with Crippen molar-refractivity contribution in [3.63, 3.8) is 0 Å². The highest BCUT2D eigenvalue weighted by Gasteiger charge is 2.42. The van der Waals surface area contributed by atoms with E-state index in [9.17, 15) is 9.59 Å². The molecular formula is C13H25N4O2S+. The molecular weight excluding hydrogens is 276 g/mol. The van der Waals surface area contributed by atoms with Crippen molar-refractivity contribution < 1.29 is 15.3 Å². The van der Waals surface area contributed by atoms with Crippen molar-refractivity contribution in [3.8, 4) is 0 Å². The predicted octanol–water partition coefficient (Wildman–Crippen LogP) is -0.540. The van der Waals surface area contributed by atoms with Gasteiger partial charge in [0.05, 0.1) is 18.6 Å². The number of unbranched alkanes of at least 4 members (excludes halogenated alkanes) is 1. The van der Waals surface area contributed by atoms with Crippen molar-refractivity contribution in [2.75, 3.05) is 18.8 Å². The summed E-state index contributed by atoms with van der Waals surface area (Å²) >= 11 is 1.93. The van der Waals surface area contributed by atoms with Crippen LogP contribution in [0, 0.1) is 0 Å². The van der Waals surface area contributed by atoms with E-state index in [0.29, 0.717) is 17.7 Å². The molecule has 0 aromatic rings. The topological polar surface area (TPSA) is 97.9 Å². The number of quaternary nitrogens is 1. The van der Waals surface area contributed by atoms with Crippen LogP contribution in [0.1, 0.15) is 32.1 Å². The van der Waals surface area contributed by atoms with E-state index in [0.717, 1.165) is 44.5 Å². The van der Waals surface area contributed by atoms with Crippen LogP contribution in [-0.2, 0) is 4.79 Å². The molecule has 0 saturated carbocycles. The summed E-state index contributed by atoms with van der Waals surface area (Å²) in [5, 5.41) is 9.33. The zero-order valence-electron chi connectivity index (χ0n) is 11.8. The number of nitrogens with one attached hydrogen (secondary N) is 3. The summed E-state index contributed by atoms with van der Waals surface area (Å²) in [5.41, 5.74) is 3.75. The Kier molecular flexibility index (Phi) is 5.97. The largest absolute Gasteiger partial charge is 0.358 e. The maximum atomic E-state index is 11.5. The fourth-order valence-corrected chi connectivity index (χ4v) is 4.26. The van der Waals surface area contributed by atoms with Crippen molar-refractivity contribution in [2.24, 2.45) is 0 Å². The molecule has 6 nitrogen and oxygen atoms in total. The van der Waals surface area contributed by atoms with Crippen molar-refractivity contribution in [3.05, 3.63) is 0 Å². The monoisotopic (exact) mass is 301 g/mol. The lowest BCUT2D eigenvalue weighted by atomic mass is 10.0. The van der Waals surface area contributed by atoms with Gasteiger partial charge in [-0.2, -0.15) is 11.8 Å². The first-order chi connectivity index (χ1) is 9.70. The fraction of sp³-hybridized carbons (Fsp3) is 0.846. The number of hydrogen-bond donors (Lipinski definition) is 4. The van der Waals surface area contributed by atoms with E-state index in [4.69, 9.17) is 0 Å². The number of fused-ring (bicyclic) bond motifs is 1. The average Bonchev–Trinajstić information content (AvgIpc) is 2.95. The standard InChI is InChI=1S/C13H24N4O2S/c14-6-3-7-15-11(18)5-2-1-4-10-12-9(8-20-10)16-13(19)17-12/h9-10,12H,1-8,14H2,(H,15,18)(H2,16,17,19)/p+1/t9-,10-,12-/m0/s1. The predicted molar refractivity (Wildman–Crippen MR) is 79.3 cm³/mol. The molecule has 3 atom stereocenters. The van der Waals surface area contributed by atoms with Crippen LogP contribution >= 0.6 is 11.8 Å². The molecule has 2 aliphatic rings. The van der Waals surface area contributed by atoms with Gasteiger partial charge < -0.3 is 21.7 Å². The summed E-state index contributed by atoms with van der Waals surface area (Å²) in [4.78, 5) is 22.8. The zero-order chi connectivity index (χ0) is 14.4. The Morgan fingerprint density at radius 3 is 3.00 bits per heavy atom. The second kappa shape index (κ2) is 7.73. The van der Waals surface area contributed by atoms with E-state index in [1.807, 2.05) is 11.8 Å². The lowest BCUT2D eigenvalue weighted by Gasteiger charge is -2.16. The molecule has 2 saturated heterocycles. The normalized spacial score (nSPS) is 27.9. The third kappa shape index (κ3) is 4.28. The van der Waals surface area contributed by atoms with E-state index >= 15 is 0 Å². The molecule has 114 valence electrons. The van der Waals surface area contributed by atoms with Gasteiger partial charge in [-0.25, -0.2) is 4.79 Å². The van der Waals surface area contributed by atoms with Crippen LogP contribution in [0.5, 0.6) is 0 Å². The van der Waals surface area contributed by atoms with Gasteiger partial charge in [-0.05, 0) is 12.8 Å². The molecule has 0 unspecified atom stereocenters. The van der Waals surface area contributed by atoms with Crippen LogP contribution in [0.3, 0.4) is 0 Å². The molecule has 2 heterocycles. The maximum Gasteiger partial charge on any atom is 0.315 e. The van der Waals surface area contributed by atoms with Crippen molar-refractivity contribution in [2.45, 2.75) is 49.4 Å². The Bertz CT molecular complexity index is 353. The molecule has 2 aliphatic heterocycles. The molecule has 2 fully saturated rings. The highest BCUT2D eigenvalue weighted by molar-refractivity contribution is 8.00. The van der Waals surface area contributed by atoms with Crippen LogP contribution < -0.4 is 21.7 Å². The van der Waals surface area contributed by atoms with E-state index in [1.165, 1.54) is 0 Å². The van der Waals surface area contributed by atoms with Crippen LogP contribution in [0.25, 0.3) is 0 Å². The molecule has 20 heavy (non-hydrogen) atoms. The first kappa shape index (κ1) is 15.4. The van der Waals surface area contributed by atoms with Gasteiger partial charge in [-0.15, -0.1) is 0 Å². The van der Waals surface area contributed by atoms with Crippen LogP contribution in [-0.4, -0.2) is 48.1 Å². The molecule has 7 heteroatoms. The molecule has 3 amide bonds. The van der Waals surface area contributed by atoms with Gasteiger partial charge in [0.1, 0.15) is 0 Å². The number of thioether (sulfide) groups is 1. The molecule has 0 bridgehead atoms. The average molecular weight is 301 g/mol. The Labute approximate surface area is 124 Å². The Hall–Kier alpha value is -0.950. The summed E-state index contributed by atoms with van der Waals surface area (Å²) in [6.45, 7) is 1.60. The number of carbonyl (C=O) groups excluding carboxylic acids is 2. The molecule has 0 spiro atoms. The zero-order valence-corrected chi connectivity index (χ0v) is 12.6. The van der Waals surface area contributed by atoms with Crippen molar-refractivity contribution >= 4 is 23.7 Å². The number of rotatable bonds is 8. The van der Waals surface area contributed by atoms with Gasteiger partial charge >= 0.3 is 6.03 Å². The van der Waals surface area contributed by atoms with Crippen LogP contribution in [0.4, 0.5) is 4.79 Å². The minimum absolute atomic E-state index is 0.0323. The minimum atomic E-state index is -0.0323. The number of hydrogen-bond acceptors (Lipinski definition) is 3. The summed E-state index contributed by atoms with van der Waals surface area (Å²) in [6, 6.07) is 0.539. The van der Waals surface area contributed by atoms with Crippen LogP contribution in [0.15, 0.2) is 0 Å². The number of amides is 3. The van der Waals surface area contributed by atoms with Gasteiger partial charge in [0.2, 0.25) is 5.91 Å². The third-order valence-electron chi connectivity index (χ3n) is 3.83. The first-order valence-electron chi connectivity index (χ1n) is 7.45. The molecule has 0 aliphatic carbocycles. The van der Waals surface area contributed by atoms with Crippen molar-refractivity contribution in [1.82, 2.24) is 16.0 Å². The minimum Gasteiger partial charge on any atom is -0.358 e. The Balaban J connectivity index is 1.55. The molecule has 0 aromatic carbocycles. The smallest absolute Gasteiger partial charge is 0.315 e. The van der Waals surface area contributed by atoms with E-state index in [-0.39, 0.29) is 18.0 Å². The summed E-state index contributed by atoms with van der Waals surface area (Å²) < 4.78 is 0. The van der Waals surface area contributed by atoms with Gasteiger partial charge in [-0.3, -0.25) is 4.79 Å². The quantitative estimate of drug-likeness (QED) is 0.358. The second-order valence-electron chi connectivity index (χ2n) is 5.42. The third-order valence-corrected chi connectivity index (χ3v) is 5.34. The number of carbonyl (C=O) groups is 2. The van der Waals surface area contributed by atoms with Gasteiger partial charge in [0, 0.05) is 30.4 Å². The highest BCUT2D eigenvalue weighted by atomic mass is 32.2. The van der Waals surface area contributed by atoms with E-state index in [2.05, 4.69) is 21.7 Å². The second-order valence-corrected chi connectivity index (χ2v) is 6.70. The molecule has 0 radical (unpaired) electrons. The molecule has 0 aromatic heterocycles. The first-order valence-corrected chi connectivity index (χ1v) is 8.50. The maximum absolute atomic E-state index is 11.5. The lowest BCUT2D eigenvalue weighted by Crippen LogP contribution is -2.51. The number of urea groups is 1. The van der Waals surface area contributed by atoms with Crippen molar-refractivity contribution in [1.29, 1.82) is 0 Å². The molecule has 6 N–H and O–H groups in total.